The number of carbonyl (C=O) groups excluding carboxylic acids is 1. The van der Waals surface area contributed by atoms with Crippen LogP contribution in [0.5, 0.6) is 11.5 Å². The van der Waals surface area contributed by atoms with Crippen molar-refractivity contribution in [1.82, 2.24) is 9.97 Å². The molecule has 0 unspecified atom stereocenters. The molecule has 0 atom stereocenters. The molecule has 2 aromatic heterocycles. The standard InChI is InChI=1S/C28H22N4O2/c1-19-2-11-25-26(14-17-30-27(25)18-19)31-21-5-3-20(4-6-21)28(33)32-22-7-9-23(10-8-22)34-24-12-15-29-16-13-24/h2-18H,1H3,(H,30,31)(H,32,33). The number of rotatable bonds is 6. The van der Waals surface area contributed by atoms with E-state index in [1.54, 1.807) is 55.0 Å². The Morgan fingerprint density at radius 1 is 0.765 bits per heavy atom. The fourth-order valence-electron chi connectivity index (χ4n) is 3.58. The van der Waals surface area contributed by atoms with Crippen LogP contribution in [0, 0.1) is 6.92 Å². The van der Waals surface area contributed by atoms with Crippen molar-refractivity contribution in [3.8, 4) is 11.5 Å². The van der Waals surface area contributed by atoms with E-state index < -0.39 is 0 Å². The maximum Gasteiger partial charge on any atom is 0.255 e. The van der Waals surface area contributed by atoms with Gasteiger partial charge in [0.05, 0.1) is 5.52 Å². The highest BCUT2D eigenvalue weighted by atomic mass is 16.5. The summed E-state index contributed by atoms with van der Waals surface area (Å²) < 4.78 is 5.75. The van der Waals surface area contributed by atoms with Gasteiger partial charge in [-0.1, -0.05) is 12.1 Å². The molecule has 0 aliphatic carbocycles. The number of amides is 1. The molecule has 1 amide bonds. The Kier molecular flexibility index (Phi) is 5.86. The topological polar surface area (TPSA) is 76.1 Å². The molecule has 0 saturated carbocycles. The number of anilines is 3. The minimum absolute atomic E-state index is 0.181. The molecule has 3 aromatic carbocycles. The first-order valence-corrected chi connectivity index (χ1v) is 10.9. The summed E-state index contributed by atoms with van der Waals surface area (Å²) in [5, 5.41) is 7.38. The first-order valence-electron chi connectivity index (χ1n) is 10.9. The van der Waals surface area contributed by atoms with Gasteiger partial charge in [-0.15, -0.1) is 0 Å². The van der Waals surface area contributed by atoms with Gasteiger partial charge in [0.1, 0.15) is 11.5 Å². The second-order valence-electron chi connectivity index (χ2n) is 7.84. The van der Waals surface area contributed by atoms with E-state index in [-0.39, 0.29) is 5.91 Å². The third-order valence-corrected chi connectivity index (χ3v) is 5.32. The van der Waals surface area contributed by atoms with E-state index >= 15 is 0 Å². The Balaban J connectivity index is 1.24. The number of aryl methyl sites for hydroxylation is 1. The van der Waals surface area contributed by atoms with Crippen molar-refractivity contribution in [2.45, 2.75) is 6.92 Å². The van der Waals surface area contributed by atoms with E-state index in [1.807, 2.05) is 30.3 Å². The Morgan fingerprint density at radius 3 is 2.24 bits per heavy atom. The summed E-state index contributed by atoms with van der Waals surface area (Å²) in [5.74, 6) is 1.20. The lowest BCUT2D eigenvalue weighted by Gasteiger charge is -2.11. The Morgan fingerprint density at radius 2 is 1.47 bits per heavy atom. The average Bonchev–Trinajstić information content (AvgIpc) is 2.86. The van der Waals surface area contributed by atoms with Gasteiger partial charge in [0.15, 0.2) is 0 Å². The normalized spacial score (nSPS) is 10.6. The zero-order chi connectivity index (χ0) is 23.3. The van der Waals surface area contributed by atoms with Gasteiger partial charge in [0.2, 0.25) is 0 Å². The molecule has 0 bridgehead atoms. The number of nitrogens with one attached hydrogen (secondary N) is 2. The molecule has 0 fully saturated rings. The molecule has 0 radical (unpaired) electrons. The second-order valence-corrected chi connectivity index (χ2v) is 7.84. The summed E-state index contributed by atoms with van der Waals surface area (Å²) in [6.45, 7) is 2.05. The monoisotopic (exact) mass is 446 g/mol. The molecule has 5 rings (SSSR count). The largest absolute Gasteiger partial charge is 0.457 e. The lowest BCUT2D eigenvalue weighted by atomic mass is 10.1. The van der Waals surface area contributed by atoms with Crippen molar-refractivity contribution in [2.24, 2.45) is 0 Å². The Labute approximate surface area is 197 Å². The van der Waals surface area contributed by atoms with E-state index in [0.717, 1.165) is 22.3 Å². The van der Waals surface area contributed by atoms with Crippen LogP contribution in [0.4, 0.5) is 17.1 Å². The van der Waals surface area contributed by atoms with Gasteiger partial charge in [-0.2, -0.15) is 0 Å². The number of fused-ring (bicyclic) bond motifs is 1. The van der Waals surface area contributed by atoms with Crippen LogP contribution in [-0.4, -0.2) is 15.9 Å². The Hall–Kier alpha value is -4.71. The quantitative estimate of drug-likeness (QED) is 0.303. The fourth-order valence-corrected chi connectivity index (χ4v) is 3.58. The van der Waals surface area contributed by atoms with Crippen LogP contribution in [0.1, 0.15) is 15.9 Å². The molecule has 0 aliphatic rings. The van der Waals surface area contributed by atoms with Crippen molar-refractivity contribution in [1.29, 1.82) is 0 Å². The van der Waals surface area contributed by atoms with Crippen LogP contribution in [-0.2, 0) is 0 Å². The molecular weight excluding hydrogens is 424 g/mol. The zero-order valence-electron chi connectivity index (χ0n) is 18.5. The van der Waals surface area contributed by atoms with Gasteiger partial charge in [0.25, 0.3) is 5.91 Å². The number of nitrogens with zero attached hydrogens (tertiary/aromatic N) is 2. The smallest absolute Gasteiger partial charge is 0.255 e. The summed E-state index contributed by atoms with van der Waals surface area (Å²) in [6, 6.07) is 26.3. The number of hydrogen-bond acceptors (Lipinski definition) is 5. The highest BCUT2D eigenvalue weighted by Crippen LogP contribution is 2.26. The first kappa shape index (κ1) is 21.2. The molecule has 2 heterocycles. The number of ether oxygens (including phenoxy) is 1. The average molecular weight is 447 g/mol. The Bertz CT molecular complexity index is 1430. The van der Waals surface area contributed by atoms with E-state index in [9.17, 15) is 4.79 Å². The van der Waals surface area contributed by atoms with E-state index in [4.69, 9.17) is 4.74 Å². The summed E-state index contributed by atoms with van der Waals surface area (Å²) in [4.78, 5) is 21.1. The number of carbonyl (C=O) groups is 1. The molecular formula is C28H22N4O2. The highest BCUT2D eigenvalue weighted by molar-refractivity contribution is 6.04. The summed E-state index contributed by atoms with van der Waals surface area (Å²) in [5.41, 5.74) is 5.23. The SMILES string of the molecule is Cc1ccc2c(Nc3ccc(C(=O)Nc4ccc(Oc5ccncc5)cc4)cc3)ccnc2c1. The molecule has 34 heavy (non-hydrogen) atoms. The minimum Gasteiger partial charge on any atom is -0.457 e. The van der Waals surface area contributed by atoms with E-state index in [2.05, 4.69) is 45.7 Å². The van der Waals surface area contributed by atoms with Gasteiger partial charge < -0.3 is 15.4 Å². The molecule has 0 saturated heterocycles. The molecule has 6 nitrogen and oxygen atoms in total. The summed E-state index contributed by atoms with van der Waals surface area (Å²) in [7, 11) is 0. The van der Waals surface area contributed by atoms with Crippen LogP contribution in [0.15, 0.2) is 104 Å². The van der Waals surface area contributed by atoms with Gasteiger partial charge >= 0.3 is 0 Å². The second kappa shape index (κ2) is 9.42. The van der Waals surface area contributed by atoms with Gasteiger partial charge in [-0.3, -0.25) is 14.8 Å². The van der Waals surface area contributed by atoms with Crippen molar-refractivity contribution in [2.75, 3.05) is 10.6 Å². The molecule has 5 aromatic rings. The van der Waals surface area contributed by atoms with Crippen LogP contribution in [0.25, 0.3) is 10.9 Å². The van der Waals surface area contributed by atoms with Crippen molar-refractivity contribution < 1.29 is 9.53 Å². The lowest BCUT2D eigenvalue weighted by Crippen LogP contribution is -2.11. The maximum absolute atomic E-state index is 12.7. The van der Waals surface area contributed by atoms with Gasteiger partial charge in [-0.25, -0.2) is 0 Å². The highest BCUT2D eigenvalue weighted by Gasteiger charge is 2.08. The zero-order valence-corrected chi connectivity index (χ0v) is 18.5. The predicted molar refractivity (Wildman–Crippen MR) is 135 cm³/mol. The predicted octanol–water partition coefficient (Wildman–Crippen LogP) is 6.73. The number of benzene rings is 3. The van der Waals surface area contributed by atoms with Crippen LogP contribution in [0.2, 0.25) is 0 Å². The number of aromatic nitrogens is 2. The lowest BCUT2D eigenvalue weighted by molar-refractivity contribution is 0.102. The minimum atomic E-state index is -0.181. The molecule has 166 valence electrons. The van der Waals surface area contributed by atoms with Crippen molar-refractivity contribution in [3.05, 3.63) is 115 Å². The van der Waals surface area contributed by atoms with Gasteiger partial charge in [0, 0.05) is 46.6 Å². The van der Waals surface area contributed by atoms with E-state index in [0.29, 0.717) is 22.7 Å². The third-order valence-electron chi connectivity index (χ3n) is 5.32. The number of hydrogen-bond donors (Lipinski definition) is 2. The number of pyridine rings is 2. The van der Waals surface area contributed by atoms with Crippen molar-refractivity contribution >= 4 is 33.9 Å². The van der Waals surface area contributed by atoms with Crippen LogP contribution >= 0.6 is 0 Å². The molecule has 0 spiro atoms. The first-order chi connectivity index (χ1) is 16.6. The molecule has 0 aliphatic heterocycles. The van der Waals surface area contributed by atoms with Crippen LogP contribution in [0.3, 0.4) is 0 Å². The molecule has 2 N–H and O–H groups in total. The summed E-state index contributed by atoms with van der Waals surface area (Å²) in [6.07, 6.45) is 5.13. The van der Waals surface area contributed by atoms with E-state index in [1.165, 1.54) is 5.56 Å². The van der Waals surface area contributed by atoms with Crippen LogP contribution < -0.4 is 15.4 Å². The fraction of sp³-hybridized carbons (Fsp3) is 0.0357. The summed E-state index contributed by atoms with van der Waals surface area (Å²) >= 11 is 0. The molecule has 6 heteroatoms. The third kappa shape index (κ3) is 4.86. The van der Waals surface area contributed by atoms with Crippen molar-refractivity contribution in [3.63, 3.8) is 0 Å². The maximum atomic E-state index is 12.7. The van der Waals surface area contributed by atoms with Gasteiger partial charge in [-0.05, 0) is 85.3 Å².